The lowest BCUT2D eigenvalue weighted by molar-refractivity contribution is -0.137. The second kappa shape index (κ2) is 6.04. The Morgan fingerprint density at radius 3 is 2.78 bits per heavy atom. The van der Waals surface area contributed by atoms with Gasteiger partial charge < -0.3 is 9.72 Å². The zero-order chi connectivity index (χ0) is 16.4. The van der Waals surface area contributed by atoms with E-state index >= 15 is 0 Å². The number of aromatic nitrogens is 2. The Kier molecular flexibility index (Phi) is 4.08. The van der Waals surface area contributed by atoms with Gasteiger partial charge in [0.25, 0.3) is 5.91 Å². The van der Waals surface area contributed by atoms with Gasteiger partial charge in [0.2, 0.25) is 0 Å². The van der Waals surface area contributed by atoms with E-state index in [1.54, 1.807) is 18.3 Å². The molecular weight excluding hydrogens is 327 g/mol. The van der Waals surface area contributed by atoms with Crippen molar-refractivity contribution in [2.45, 2.75) is 12.6 Å². The van der Waals surface area contributed by atoms with E-state index in [4.69, 9.17) is 0 Å². The number of fused-ring (bicyclic) bond motifs is 1. The van der Waals surface area contributed by atoms with Gasteiger partial charge in [-0.15, -0.1) is 11.3 Å². The second-order valence-corrected chi connectivity index (χ2v) is 5.84. The van der Waals surface area contributed by atoms with Crippen molar-refractivity contribution in [2.75, 3.05) is 6.54 Å². The lowest BCUT2D eigenvalue weighted by Crippen LogP contribution is -2.24. The average molecular weight is 339 g/mol. The first-order chi connectivity index (χ1) is 10.9. The Bertz CT molecular complexity index is 824. The zero-order valence-electron chi connectivity index (χ0n) is 11.8. The normalized spacial score (nSPS) is 11.8. The van der Waals surface area contributed by atoms with Crippen LogP contribution in [0.4, 0.5) is 13.2 Å². The Morgan fingerprint density at radius 2 is 2.09 bits per heavy atom. The highest BCUT2D eigenvalue weighted by Crippen LogP contribution is 2.29. The van der Waals surface area contributed by atoms with Gasteiger partial charge in [0.1, 0.15) is 5.65 Å². The number of carbonyl (C=O) groups is 1. The van der Waals surface area contributed by atoms with E-state index in [1.807, 2.05) is 5.38 Å². The van der Waals surface area contributed by atoms with Crippen LogP contribution in [-0.2, 0) is 12.6 Å². The summed E-state index contributed by atoms with van der Waals surface area (Å²) < 4.78 is 39.4. The van der Waals surface area contributed by atoms with Crippen LogP contribution in [0.2, 0.25) is 0 Å². The van der Waals surface area contributed by atoms with E-state index in [0.29, 0.717) is 29.2 Å². The number of hydrogen-bond donors (Lipinski definition) is 1. The molecule has 3 rings (SSSR count). The lowest BCUT2D eigenvalue weighted by Gasteiger charge is -2.05. The summed E-state index contributed by atoms with van der Waals surface area (Å²) in [5, 5.41) is 4.57. The number of pyridine rings is 1. The summed E-state index contributed by atoms with van der Waals surface area (Å²) >= 11 is 1.35. The SMILES string of the molecule is O=C(NCCc1cn2cc(C(F)(F)F)ccc2n1)c1cccs1. The number of rotatable bonds is 4. The molecule has 0 radical (unpaired) electrons. The van der Waals surface area contributed by atoms with Crippen LogP contribution in [0.1, 0.15) is 20.9 Å². The van der Waals surface area contributed by atoms with E-state index in [2.05, 4.69) is 10.3 Å². The summed E-state index contributed by atoms with van der Waals surface area (Å²) in [6.45, 7) is 0.368. The van der Waals surface area contributed by atoms with Crippen LogP contribution in [0, 0.1) is 0 Å². The molecule has 0 spiro atoms. The van der Waals surface area contributed by atoms with Gasteiger partial charge in [0, 0.05) is 25.4 Å². The molecule has 1 amide bonds. The Balaban J connectivity index is 1.65. The number of nitrogens with one attached hydrogen (secondary N) is 1. The fraction of sp³-hybridized carbons (Fsp3) is 0.200. The fourth-order valence-electron chi connectivity index (χ4n) is 2.13. The molecule has 0 saturated heterocycles. The smallest absolute Gasteiger partial charge is 0.351 e. The monoisotopic (exact) mass is 339 g/mol. The summed E-state index contributed by atoms with van der Waals surface area (Å²) in [5.74, 6) is -0.164. The quantitative estimate of drug-likeness (QED) is 0.792. The molecule has 0 aliphatic carbocycles. The molecule has 120 valence electrons. The third kappa shape index (κ3) is 3.53. The molecule has 8 heteroatoms. The summed E-state index contributed by atoms with van der Waals surface area (Å²) in [4.78, 5) is 16.6. The van der Waals surface area contributed by atoms with Gasteiger partial charge in [-0.2, -0.15) is 13.2 Å². The topological polar surface area (TPSA) is 46.4 Å². The van der Waals surface area contributed by atoms with Gasteiger partial charge in [0.05, 0.1) is 16.1 Å². The van der Waals surface area contributed by atoms with Crippen molar-refractivity contribution >= 4 is 22.9 Å². The van der Waals surface area contributed by atoms with E-state index in [1.165, 1.54) is 21.8 Å². The number of amides is 1. The minimum absolute atomic E-state index is 0.164. The minimum Gasteiger partial charge on any atom is -0.351 e. The highest BCUT2D eigenvalue weighted by Gasteiger charge is 2.30. The third-order valence-electron chi connectivity index (χ3n) is 3.24. The van der Waals surface area contributed by atoms with Crippen LogP contribution in [0.5, 0.6) is 0 Å². The molecule has 0 aliphatic rings. The van der Waals surface area contributed by atoms with Gasteiger partial charge in [-0.3, -0.25) is 4.79 Å². The number of halogens is 3. The van der Waals surface area contributed by atoms with Gasteiger partial charge in [0.15, 0.2) is 0 Å². The molecule has 0 saturated carbocycles. The molecule has 0 aliphatic heterocycles. The predicted molar refractivity (Wildman–Crippen MR) is 80.6 cm³/mol. The largest absolute Gasteiger partial charge is 0.417 e. The van der Waals surface area contributed by atoms with Crippen molar-refractivity contribution in [3.8, 4) is 0 Å². The molecule has 0 fully saturated rings. The molecule has 3 aromatic heterocycles. The maximum absolute atomic E-state index is 12.7. The predicted octanol–water partition coefficient (Wildman–Crippen LogP) is 3.39. The number of alkyl halides is 3. The maximum Gasteiger partial charge on any atom is 0.417 e. The van der Waals surface area contributed by atoms with Gasteiger partial charge in [-0.25, -0.2) is 4.98 Å². The van der Waals surface area contributed by atoms with Crippen LogP contribution in [0.25, 0.3) is 5.65 Å². The van der Waals surface area contributed by atoms with Crippen LogP contribution in [0.15, 0.2) is 42.0 Å². The highest BCUT2D eigenvalue weighted by molar-refractivity contribution is 7.12. The lowest BCUT2D eigenvalue weighted by atomic mass is 10.3. The first-order valence-corrected chi connectivity index (χ1v) is 7.68. The summed E-state index contributed by atoms with van der Waals surface area (Å²) in [6, 6.07) is 5.85. The third-order valence-corrected chi connectivity index (χ3v) is 4.11. The molecule has 0 atom stereocenters. The number of thiophene rings is 1. The maximum atomic E-state index is 12.7. The van der Waals surface area contributed by atoms with Gasteiger partial charge in [-0.05, 0) is 23.6 Å². The van der Waals surface area contributed by atoms with Crippen molar-refractivity contribution in [3.05, 3.63) is 58.2 Å². The van der Waals surface area contributed by atoms with Crippen LogP contribution in [-0.4, -0.2) is 21.8 Å². The Morgan fingerprint density at radius 1 is 1.26 bits per heavy atom. The van der Waals surface area contributed by atoms with Gasteiger partial charge >= 0.3 is 6.18 Å². The van der Waals surface area contributed by atoms with Crippen molar-refractivity contribution in [3.63, 3.8) is 0 Å². The van der Waals surface area contributed by atoms with Crippen molar-refractivity contribution in [1.82, 2.24) is 14.7 Å². The van der Waals surface area contributed by atoms with Crippen molar-refractivity contribution in [1.29, 1.82) is 0 Å². The minimum atomic E-state index is -4.38. The number of nitrogens with zero attached hydrogens (tertiary/aromatic N) is 2. The molecule has 0 bridgehead atoms. The first kappa shape index (κ1) is 15.5. The van der Waals surface area contributed by atoms with Crippen LogP contribution in [0.3, 0.4) is 0 Å². The van der Waals surface area contributed by atoms with Crippen molar-refractivity contribution in [2.24, 2.45) is 0 Å². The standard InChI is InChI=1S/C15H12F3N3OS/c16-15(17,18)10-3-4-13-20-11(9-21(13)8-10)5-6-19-14(22)12-2-1-7-23-12/h1-4,7-9H,5-6H2,(H,19,22). The second-order valence-electron chi connectivity index (χ2n) is 4.90. The number of imidazole rings is 1. The fourth-order valence-corrected chi connectivity index (χ4v) is 2.77. The van der Waals surface area contributed by atoms with Gasteiger partial charge in [-0.1, -0.05) is 6.07 Å². The van der Waals surface area contributed by atoms with Crippen molar-refractivity contribution < 1.29 is 18.0 Å². The number of hydrogen-bond acceptors (Lipinski definition) is 3. The molecule has 3 aromatic rings. The Labute approximate surface area is 133 Å². The molecule has 1 N–H and O–H groups in total. The van der Waals surface area contributed by atoms with Crippen LogP contribution < -0.4 is 5.32 Å². The van der Waals surface area contributed by atoms with Crippen LogP contribution >= 0.6 is 11.3 Å². The van der Waals surface area contributed by atoms with E-state index in [-0.39, 0.29) is 5.91 Å². The van der Waals surface area contributed by atoms with E-state index in [9.17, 15) is 18.0 Å². The first-order valence-electron chi connectivity index (χ1n) is 6.80. The molecule has 3 heterocycles. The summed E-state index contributed by atoms with van der Waals surface area (Å²) in [5.41, 5.74) is 0.341. The zero-order valence-corrected chi connectivity index (χ0v) is 12.6. The van der Waals surface area contributed by atoms with E-state index < -0.39 is 11.7 Å². The molecular formula is C15H12F3N3OS. The van der Waals surface area contributed by atoms with E-state index in [0.717, 1.165) is 12.3 Å². The Hall–Kier alpha value is -2.35. The number of carbonyl (C=O) groups excluding carboxylic acids is 1. The molecule has 0 unspecified atom stereocenters. The summed E-state index contributed by atoms with van der Waals surface area (Å²) in [7, 11) is 0. The summed E-state index contributed by atoms with van der Waals surface area (Å²) in [6.07, 6.45) is -1.38. The average Bonchev–Trinajstić information content (AvgIpc) is 3.14. The molecule has 0 aromatic carbocycles. The highest BCUT2D eigenvalue weighted by atomic mass is 32.1. The molecule has 4 nitrogen and oxygen atoms in total. The molecule has 23 heavy (non-hydrogen) atoms.